The molecular formula is C33H33IN6O10S2. The van der Waals surface area contributed by atoms with Gasteiger partial charge in [-0.05, 0) is 42.3 Å². The highest BCUT2D eigenvalue weighted by Gasteiger charge is 2.60. The summed E-state index contributed by atoms with van der Waals surface area (Å²) in [6.07, 6.45) is 2.24. The summed E-state index contributed by atoms with van der Waals surface area (Å²) in [5, 5.41) is 35.8. The van der Waals surface area contributed by atoms with Crippen LogP contribution in [0.3, 0.4) is 0 Å². The number of aromatic nitrogens is 2. The number of amides is 2. The number of β-lactam (4-membered cyclic amide) rings is 1. The van der Waals surface area contributed by atoms with E-state index in [9.17, 15) is 39.7 Å². The van der Waals surface area contributed by atoms with Gasteiger partial charge in [0, 0.05) is 48.1 Å². The number of aliphatic hydroxyl groups is 1. The number of hydrogen-bond acceptors (Lipinski definition) is 12. The fraction of sp³-hybridized carbons (Fsp3) is 0.333. The summed E-state index contributed by atoms with van der Waals surface area (Å²) in [4.78, 5) is 63.0. The molecule has 0 aliphatic carbocycles. The zero-order chi connectivity index (χ0) is 36.6. The number of carbonyl (C=O) groups excluding carboxylic acids is 3. The molecule has 19 heteroatoms. The minimum Gasteiger partial charge on any atom is -1.00 e. The highest BCUT2D eigenvalue weighted by molar-refractivity contribution is 7.99. The number of thiazole rings is 1. The van der Waals surface area contributed by atoms with Gasteiger partial charge in [0.1, 0.15) is 25.1 Å². The van der Waals surface area contributed by atoms with Gasteiger partial charge in [0.25, 0.3) is 11.4 Å². The third-order valence-electron chi connectivity index (χ3n) is 8.77. The van der Waals surface area contributed by atoms with Crippen molar-refractivity contribution in [2.45, 2.75) is 44.2 Å². The van der Waals surface area contributed by atoms with Gasteiger partial charge in [-0.15, -0.1) is 0 Å². The van der Waals surface area contributed by atoms with Crippen molar-refractivity contribution in [2.75, 3.05) is 12.3 Å². The number of carbonyl (C=O) groups is 3. The number of benzene rings is 2. The van der Waals surface area contributed by atoms with Crippen LogP contribution in [0.4, 0.5) is 16.2 Å². The van der Waals surface area contributed by atoms with E-state index in [1.54, 1.807) is 6.92 Å². The summed E-state index contributed by atoms with van der Waals surface area (Å²) in [7, 11) is 1.89. The quantitative estimate of drug-likeness (QED) is 0.0284. The average Bonchev–Trinajstić information content (AvgIpc) is 3.71. The minimum atomic E-state index is -0.910. The molecule has 0 unspecified atom stereocenters. The lowest BCUT2D eigenvalue weighted by Crippen LogP contribution is -3.00. The normalized spacial score (nSPS) is 18.3. The lowest BCUT2D eigenvalue weighted by molar-refractivity contribution is -0.705. The Bertz CT molecular complexity index is 2060. The van der Waals surface area contributed by atoms with Crippen LogP contribution in [0.1, 0.15) is 29.9 Å². The summed E-state index contributed by atoms with van der Waals surface area (Å²) in [6, 6.07) is 11.0. The van der Waals surface area contributed by atoms with E-state index >= 15 is 0 Å². The molecule has 274 valence electrons. The number of nitrogens with zero attached hydrogens (tertiary/aromatic N) is 5. The van der Waals surface area contributed by atoms with E-state index in [0.29, 0.717) is 29.0 Å². The third kappa shape index (κ3) is 7.62. The van der Waals surface area contributed by atoms with E-state index in [1.165, 1.54) is 76.5 Å². The van der Waals surface area contributed by atoms with Crippen LogP contribution in [0.5, 0.6) is 0 Å². The van der Waals surface area contributed by atoms with Gasteiger partial charge in [-0.2, -0.15) is 4.40 Å². The van der Waals surface area contributed by atoms with Crippen molar-refractivity contribution < 1.29 is 67.4 Å². The van der Waals surface area contributed by atoms with Crippen LogP contribution in [0, 0.1) is 32.1 Å². The fourth-order valence-electron chi connectivity index (χ4n) is 6.31. The van der Waals surface area contributed by atoms with Crippen molar-refractivity contribution in [3.8, 4) is 0 Å². The van der Waals surface area contributed by atoms with Gasteiger partial charge in [0.05, 0.1) is 39.8 Å². The van der Waals surface area contributed by atoms with E-state index in [4.69, 9.17) is 9.47 Å². The first kappa shape index (κ1) is 38.6. The van der Waals surface area contributed by atoms with Crippen molar-refractivity contribution in [2.24, 2.45) is 18.9 Å². The number of esters is 1. The number of imidazole rings is 1. The van der Waals surface area contributed by atoms with Gasteiger partial charge < -0.3 is 48.8 Å². The van der Waals surface area contributed by atoms with Crippen LogP contribution < -0.4 is 33.9 Å². The number of aliphatic hydroxyl groups excluding tert-OH is 1. The maximum absolute atomic E-state index is 13.7. The molecule has 6 rings (SSSR count). The standard InChI is InChI=1S/C33H32N6O10S2.HI/c1-18-25(28(37-27(18)26(19(2)40)29(37)41)32(42)48-15-20-4-8-22(9-5-20)38(44)45)24-14-36-17-35(3)30(31(36)51-24)50-13-12-34-33(43)49-16-21-6-10-23(11-7-21)39(46)47;/h4-11,14,17-19,26-27,40H,12-13,15-16H2,1-3H3;1H/t18-,19+,26+,27+;/m0./s1. The molecule has 4 heterocycles. The monoisotopic (exact) mass is 864 g/mol. The highest BCUT2D eigenvalue weighted by Crippen LogP contribution is 2.52. The van der Waals surface area contributed by atoms with Crippen molar-refractivity contribution in [1.29, 1.82) is 0 Å². The molecule has 2 aromatic carbocycles. The van der Waals surface area contributed by atoms with E-state index in [2.05, 4.69) is 5.32 Å². The van der Waals surface area contributed by atoms with Gasteiger partial charge in [0.2, 0.25) is 22.1 Å². The number of nitro benzene ring substituents is 2. The summed E-state index contributed by atoms with van der Waals surface area (Å²) < 4.78 is 14.7. The van der Waals surface area contributed by atoms with Crippen LogP contribution in [-0.4, -0.2) is 66.7 Å². The Balaban J connectivity index is 0.00000523. The number of ether oxygens (including phenoxy) is 2. The molecule has 2 N–H and O–H groups in total. The molecule has 16 nitrogen and oxygen atoms in total. The first-order valence-corrected chi connectivity index (χ1v) is 17.6. The molecule has 1 fully saturated rings. The minimum absolute atomic E-state index is 0. The Kier molecular flexibility index (Phi) is 11.9. The molecule has 0 spiro atoms. The molecule has 2 aromatic heterocycles. The van der Waals surface area contributed by atoms with Crippen molar-refractivity contribution >= 4 is 62.8 Å². The number of halogens is 1. The van der Waals surface area contributed by atoms with Crippen LogP contribution >= 0.6 is 23.1 Å². The topological polar surface area (TPSA) is 200 Å². The maximum Gasteiger partial charge on any atom is 0.407 e. The van der Waals surface area contributed by atoms with Crippen LogP contribution in [0.25, 0.3) is 10.4 Å². The number of hydrogen-bond donors (Lipinski definition) is 2. The third-order valence-corrected chi connectivity index (χ3v) is 11.2. The number of nitro groups is 2. The zero-order valence-corrected chi connectivity index (χ0v) is 31.8. The predicted molar refractivity (Wildman–Crippen MR) is 183 cm³/mol. The molecule has 2 aliphatic rings. The molecule has 4 atom stereocenters. The second-order valence-electron chi connectivity index (χ2n) is 12.1. The molecule has 0 radical (unpaired) electrons. The zero-order valence-electron chi connectivity index (χ0n) is 28.0. The number of thioether (sulfide) groups is 1. The molecule has 4 aromatic rings. The highest BCUT2D eigenvalue weighted by atomic mass is 127. The Hall–Kier alpha value is -4.60. The number of nitrogens with one attached hydrogen (secondary N) is 1. The molecule has 2 amide bonds. The van der Waals surface area contributed by atoms with Crippen molar-refractivity contribution in [1.82, 2.24) is 14.6 Å². The fourth-order valence-corrected chi connectivity index (χ4v) is 8.70. The van der Waals surface area contributed by atoms with E-state index in [-0.39, 0.29) is 66.1 Å². The number of alkyl carbamates (subject to hydrolysis) is 1. The van der Waals surface area contributed by atoms with Crippen LogP contribution in [-0.2, 0) is 39.3 Å². The Morgan fingerprint density at radius 1 is 1.04 bits per heavy atom. The molecule has 0 bridgehead atoms. The smallest absolute Gasteiger partial charge is 0.407 e. The number of rotatable bonds is 13. The SMILES string of the molecule is C[C@@H](O)[C@H]1C(=O)N2C(C(=O)OCc3ccc([N+](=O)[O-])cc3)=C(c3cn4c[n+](C)c(SCCNC(=O)OCc5ccc([N+](=O)[O-])cc5)c4s3)[C@H](C)[C@H]12.[I-]. The number of aryl methyl sites for hydroxylation is 1. The van der Waals surface area contributed by atoms with Crippen LogP contribution in [0.2, 0.25) is 0 Å². The number of non-ortho nitro benzene ring substituents is 2. The van der Waals surface area contributed by atoms with Gasteiger partial charge in [-0.1, -0.05) is 30.0 Å². The predicted octanol–water partition coefficient (Wildman–Crippen LogP) is 0.976. The molecule has 52 heavy (non-hydrogen) atoms. The maximum atomic E-state index is 13.7. The van der Waals surface area contributed by atoms with E-state index in [1.807, 2.05) is 35.5 Å². The largest absolute Gasteiger partial charge is 1.00 e. The first-order valence-electron chi connectivity index (χ1n) is 15.8. The Labute approximate surface area is 321 Å². The summed E-state index contributed by atoms with van der Waals surface area (Å²) in [5.41, 5.74) is 1.77. The van der Waals surface area contributed by atoms with Crippen molar-refractivity contribution in [3.05, 3.63) is 103 Å². The molecule has 2 aliphatic heterocycles. The number of fused-ring (bicyclic) bond motifs is 2. The second-order valence-corrected chi connectivity index (χ2v) is 14.2. The molecular weight excluding hydrogens is 831 g/mol. The molecule has 1 saturated heterocycles. The van der Waals surface area contributed by atoms with E-state index in [0.717, 1.165) is 14.7 Å². The van der Waals surface area contributed by atoms with Crippen molar-refractivity contribution in [3.63, 3.8) is 0 Å². The van der Waals surface area contributed by atoms with Gasteiger partial charge in [0.15, 0.2) is 0 Å². The van der Waals surface area contributed by atoms with Gasteiger partial charge in [-0.3, -0.25) is 25.0 Å². The summed E-state index contributed by atoms with van der Waals surface area (Å²) in [5.74, 6) is -1.52. The first-order chi connectivity index (χ1) is 24.3. The Morgan fingerprint density at radius 3 is 2.17 bits per heavy atom. The van der Waals surface area contributed by atoms with Gasteiger partial charge >= 0.3 is 12.1 Å². The lowest BCUT2D eigenvalue weighted by Gasteiger charge is -2.46. The molecule has 0 saturated carbocycles. The van der Waals surface area contributed by atoms with Crippen LogP contribution in [0.15, 0.2) is 71.8 Å². The lowest BCUT2D eigenvalue weighted by atomic mass is 9.77. The summed E-state index contributed by atoms with van der Waals surface area (Å²) in [6.45, 7) is 3.58. The van der Waals surface area contributed by atoms with E-state index < -0.39 is 40.0 Å². The van der Waals surface area contributed by atoms with Gasteiger partial charge in [-0.25, -0.2) is 14.2 Å². The summed E-state index contributed by atoms with van der Waals surface area (Å²) >= 11 is 2.94. The average molecular weight is 865 g/mol. The Morgan fingerprint density at radius 2 is 1.62 bits per heavy atom. The second kappa shape index (κ2) is 16.0.